The third-order valence-corrected chi connectivity index (χ3v) is 6.85. The van der Waals surface area contributed by atoms with E-state index in [1.807, 2.05) is 19.1 Å². The molecule has 3 aliphatic rings. The second-order valence-electron chi connectivity index (χ2n) is 8.88. The van der Waals surface area contributed by atoms with Crippen molar-refractivity contribution in [1.29, 1.82) is 0 Å². The molecule has 3 unspecified atom stereocenters. The Kier molecular flexibility index (Phi) is 6.60. The number of carbonyl (C=O) groups excluding carboxylic acids is 3. The smallest absolute Gasteiger partial charge is 0.173 e. The number of ketones is 3. The molecule has 0 amide bonds. The maximum Gasteiger partial charge on any atom is 0.173 e. The van der Waals surface area contributed by atoms with E-state index in [1.165, 1.54) is 6.92 Å². The van der Waals surface area contributed by atoms with Gasteiger partial charge in [-0.05, 0) is 62.1 Å². The highest BCUT2D eigenvalue weighted by molar-refractivity contribution is 6.21. The number of allylic oxidation sites excluding steroid dienone is 3. The number of hydrogen-bond acceptors (Lipinski definition) is 6. The molecule has 0 radical (unpaired) electrons. The minimum Gasteiger partial charge on any atom is -0.511 e. The summed E-state index contributed by atoms with van der Waals surface area (Å²) < 4.78 is 5.92. The molecule has 32 heavy (non-hydrogen) atoms. The van der Waals surface area contributed by atoms with Crippen LogP contribution in [0.1, 0.15) is 59.1 Å². The SMILES string of the molecule is CCCCOc1ccc(C)c2c1C(O)=C1C(=O)C3C(O)=C(C(C)=O)C(=O)CC3CC1C2.O.[HH].[HH]. The molecule has 1 fully saturated rings. The second kappa shape index (κ2) is 8.90. The molecule has 1 aromatic rings. The van der Waals surface area contributed by atoms with Gasteiger partial charge in [0, 0.05) is 14.8 Å². The summed E-state index contributed by atoms with van der Waals surface area (Å²) in [5, 5.41) is 21.9. The molecule has 0 heterocycles. The van der Waals surface area contributed by atoms with E-state index < -0.39 is 29.0 Å². The van der Waals surface area contributed by atoms with Gasteiger partial charge in [-0.3, -0.25) is 14.4 Å². The van der Waals surface area contributed by atoms with E-state index in [1.54, 1.807) is 0 Å². The number of unbranched alkanes of at least 4 members (excludes halogenated alkanes) is 1. The van der Waals surface area contributed by atoms with Gasteiger partial charge in [0.1, 0.15) is 17.3 Å². The van der Waals surface area contributed by atoms with Gasteiger partial charge >= 0.3 is 0 Å². The first-order chi connectivity index (χ1) is 14.8. The number of fused-ring (bicyclic) bond motifs is 3. The number of carbonyl (C=O) groups is 3. The van der Waals surface area contributed by atoms with Crippen molar-refractivity contribution in [3.05, 3.63) is 45.7 Å². The summed E-state index contributed by atoms with van der Waals surface area (Å²) in [5.74, 6) is -2.88. The number of hydrogen-bond donors (Lipinski definition) is 2. The lowest BCUT2D eigenvalue weighted by Crippen LogP contribution is -2.43. The normalized spacial score (nSPS) is 24.4. The highest BCUT2D eigenvalue weighted by Gasteiger charge is 2.50. The first-order valence-corrected chi connectivity index (χ1v) is 11.0. The number of benzene rings is 1. The van der Waals surface area contributed by atoms with Crippen molar-refractivity contribution < 1.29 is 37.7 Å². The van der Waals surface area contributed by atoms with E-state index in [0.29, 0.717) is 30.8 Å². The molecule has 4 rings (SSSR count). The molecule has 0 bridgehead atoms. The molecule has 7 heteroatoms. The molecule has 3 atom stereocenters. The predicted octanol–water partition coefficient (Wildman–Crippen LogP) is 3.86. The highest BCUT2D eigenvalue weighted by atomic mass is 16.5. The highest BCUT2D eigenvalue weighted by Crippen LogP contribution is 2.50. The molecule has 3 aliphatic carbocycles. The average Bonchev–Trinajstić information content (AvgIpc) is 2.69. The number of rotatable bonds is 5. The Morgan fingerprint density at radius 2 is 1.94 bits per heavy atom. The number of aliphatic hydroxyl groups excluding tert-OH is 2. The largest absolute Gasteiger partial charge is 0.511 e. The molecular formula is C25H34O7. The third kappa shape index (κ3) is 3.64. The fourth-order valence-electron chi connectivity index (χ4n) is 5.34. The molecule has 0 spiro atoms. The van der Waals surface area contributed by atoms with Crippen LogP contribution in [0.2, 0.25) is 0 Å². The Bertz CT molecular complexity index is 1060. The van der Waals surface area contributed by atoms with Crippen LogP contribution in [-0.4, -0.2) is 39.6 Å². The molecular weight excluding hydrogens is 412 g/mol. The lowest BCUT2D eigenvalue weighted by atomic mass is 9.61. The number of aliphatic hydroxyl groups is 2. The van der Waals surface area contributed by atoms with Crippen molar-refractivity contribution in [3.63, 3.8) is 0 Å². The van der Waals surface area contributed by atoms with Crippen LogP contribution in [0.25, 0.3) is 5.76 Å². The molecule has 1 aromatic carbocycles. The van der Waals surface area contributed by atoms with E-state index in [0.717, 1.165) is 24.0 Å². The van der Waals surface area contributed by atoms with Gasteiger partial charge in [0.2, 0.25) is 0 Å². The van der Waals surface area contributed by atoms with Gasteiger partial charge in [0.15, 0.2) is 17.3 Å². The summed E-state index contributed by atoms with van der Waals surface area (Å²) in [6.45, 7) is 5.78. The van der Waals surface area contributed by atoms with E-state index in [9.17, 15) is 24.6 Å². The molecule has 176 valence electrons. The van der Waals surface area contributed by atoms with Crippen molar-refractivity contribution in [3.8, 4) is 5.75 Å². The summed E-state index contributed by atoms with van der Waals surface area (Å²) in [6.07, 6.45) is 2.99. The van der Waals surface area contributed by atoms with E-state index in [-0.39, 0.29) is 43.5 Å². The van der Waals surface area contributed by atoms with Gasteiger partial charge in [-0.15, -0.1) is 0 Å². The second-order valence-corrected chi connectivity index (χ2v) is 8.88. The standard InChI is InChI=1S/C25H28O6.H2O.2H2/c1-4-5-8-31-18-7-6-12(2)16-10-14-9-15-11-17(27)19(13(3)26)23(28)21(15)24(29)20(14)25(30)22(16)18;;;/h6-7,14-15,21,28,30H,4-5,8-11H2,1-3H3;1H2;2*1H. The van der Waals surface area contributed by atoms with E-state index in [2.05, 4.69) is 6.92 Å². The number of aryl methyl sites for hydroxylation is 1. The van der Waals surface area contributed by atoms with Crippen molar-refractivity contribution in [2.45, 2.75) is 52.9 Å². The van der Waals surface area contributed by atoms with Crippen molar-refractivity contribution in [2.24, 2.45) is 17.8 Å². The van der Waals surface area contributed by atoms with E-state index in [4.69, 9.17) is 4.74 Å². The summed E-state index contributed by atoms with van der Waals surface area (Å²) in [5.41, 5.74) is 2.53. The van der Waals surface area contributed by atoms with Gasteiger partial charge in [-0.1, -0.05) is 19.4 Å². The van der Waals surface area contributed by atoms with Gasteiger partial charge in [0.05, 0.1) is 23.7 Å². The molecule has 1 saturated carbocycles. The predicted molar refractivity (Wildman–Crippen MR) is 123 cm³/mol. The molecule has 0 aliphatic heterocycles. The zero-order valence-electron chi connectivity index (χ0n) is 18.7. The molecule has 7 nitrogen and oxygen atoms in total. The molecule has 0 aromatic heterocycles. The Labute approximate surface area is 190 Å². The van der Waals surface area contributed by atoms with Crippen LogP contribution in [0.15, 0.2) is 29.0 Å². The quantitative estimate of drug-likeness (QED) is 0.521. The van der Waals surface area contributed by atoms with Crippen molar-refractivity contribution >= 4 is 23.1 Å². The number of Topliss-reactive ketones (excluding diaryl/α,β-unsaturated/α-hetero) is 3. The van der Waals surface area contributed by atoms with Crippen molar-refractivity contribution in [1.82, 2.24) is 0 Å². The van der Waals surface area contributed by atoms with Crippen LogP contribution in [0.5, 0.6) is 5.75 Å². The van der Waals surface area contributed by atoms with Crippen LogP contribution in [0, 0.1) is 24.7 Å². The summed E-state index contributed by atoms with van der Waals surface area (Å²) in [7, 11) is 0. The minimum absolute atomic E-state index is 0. The summed E-state index contributed by atoms with van der Waals surface area (Å²) in [4.78, 5) is 37.8. The number of ether oxygens (including phenoxy) is 1. The zero-order valence-corrected chi connectivity index (χ0v) is 18.7. The van der Waals surface area contributed by atoms with Gasteiger partial charge in [-0.25, -0.2) is 0 Å². The first kappa shape index (κ1) is 23.7. The summed E-state index contributed by atoms with van der Waals surface area (Å²) in [6, 6.07) is 3.78. The van der Waals surface area contributed by atoms with Crippen LogP contribution in [0.4, 0.5) is 0 Å². The van der Waals surface area contributed by atoms with Crippen LogP contribution < -0.4 is 4.74 Å². The molecule has 0 saturated heterocycles. The maximum atomic E-state index is 13.5. The van der Waals surface area contributed by atoms with Gasteiger partial charge in [0.25, 0.3) is 0 Å². The third-order valence-electron chi connectivity index (χ3n) is 6.85. The van der Waals surface area contributed by atoms with Crippen molar-refractivity contribution in [2.75, 3.05) is 6.61 Å². The Morgan fingerprint density at radius 3 is 2.59 bits per heavy atom. The Balaban J connectivity index is 0.00000193. The fraction of sp³-hybridized carbons (Fsp3) is 0.480. The lowest BCUT2D eigenvalue weighted by molar-refractivity contribution is -0.127. The summed E-state index contributed by atoms with van der Waals surface area (Å²) >= 11 is 0. The Morgan fingerprint density at radius 1 is 1.22 bits per heavy atom. The monoisotopic (exact) mass is 446 g/mol. The molecule has 4 N–H and O–H groups in total. The topological polar surface area (TPSA) is 132 Å². The van der Waals surface area contributed by atoms with Gasteiger partial charge < -0.3 is 20.4 Å². The van der Waals surface area contributed by atoms with Crippen LogP contribution in [-0.2, 0) is 20.8 Å². The Hall–Kier alpha value is -2.93. The zero-order chi connectivity index (χ0) is 22.4. The first-order valence-electron chi connectivity index (χ1n) is 11.0. The van der Waals surface area contributed by atoms with Crippen LogP contribution >= 0.6 is 0 Å². The van der Waals surface area contributed by atoms with E-state index >= 15 is 0 Å². The average molecular weight is 447 g/mol. The maximum absolute atomic E-state index is 13.5. The van der Waals surface area contributed by atoms with Gasteiger partial charge in [-0.2, -0.15) is 0 Å². The minimum atomic E-state index is -0.958. The fourth-order valence-corrected chi connectivity index (χ4v) is 5.34. The lowest BCUT2D eigenvalue weighted by Gasteiger charge is -2.41. The van der Waals surface area contributed by atoms with Crippen LogP contribution in [0.3, 0.4) is 0 Å².